The first kappa shape index (κ1) is 15.3. The van der Waals surface area contributed by atoms with E-state index in [9.17, 15) is 8.78 Å². The lowest BCUT2D eigenvalue weighted by atomic mass is 10.1. The summed E-state index contributed by atoms with van der Waals surface area (Å²) in [7, 11) is 1.79. The summed E-state index contributed by atoms with van der Waals surface area (Å²) in [5, 5.41) is 12.6. The van der Waals surface area contributed by atoms with E-state index in [0.717, 1.165) is 33.7 Å². The zero-order valence-corrected chi connectivity index (χ0v) is 13.7. The quantitative estimate of drug-likeness (QED) is 0.681. The second-order valence-electron chi connectivity index (χ2n) is 5.37. The van der Waals surface area contributed by atoms with Crippen molar-refractivity contribution in [2.75, 3.05) is 0 Å². The molecule has 0 unspecified atom stereocenters. The first-order valence-electron chi connectivity index (χ1n) is 6.58. The third kappa shape index (κ3) is 2.70. The van der Waals surface area contributed by atoms with Crippen molar-refractivity contribution in [1.82, 2.24) is 29.6 Å². The van der Waals surface area contributed by atoms with Gasteiger partial charge in [-0.1, -0.05) is 25.2 Å². The highest BCUT2D eigenvalue weighted by Gasteiger charge is 2.36. The molecule has 0 saturated heterocycles. The van der Waals surface area contributed by atoms with Crippen LogP contribution in [0.2, 0.25) is 0 Å². The van der Waals surface area contributed by atoms with Crippen molar-refractivity contribution in [2.45, 2.75) is 25.7 Å². The van der Waals surface area contributed by atoms with E-state index < -0.39 is 11.2 Å². The third-order valence-corrected chi connectivity index (χ3v) is 4.10. The molecule has 0 spiro atoms. The van der Waals surface area contributed by atoms with Gasteiger partial charge >= 0.3 is 5.38 Å². The predicted octanol–water partition coefficient (Wildman–Crippen LogP) is 3.07. The van der Waals surface area contributed by atoms with E-state index in [1.807, 2.05) is 6.07 Å². The highest BCUT2D eigenvalue weighted by Crippen LogP contribution is 2.33. The van der Waals surface area contributed by atoms with Gasteiger partial charge in [-0.2, -0.15) is 23.5 Å². The molecule has 0 aromatic carbocycles. The Kier molecular flexibility index (Phi) is 3.64. The molecule has 118 valence electrons. The van der Waals surface area contributed by atoms with Crippen LogP contribution in [-0.4, -0.2) is 29.6 Å². The van der Waals surface area contributed by atoms with E-state index in [2.05, 4.69) is 34.2 Å². The smallest absolute Gasteiger partial charge is 0.265 e. The van der Waals surface area contributed by atoms with Crippen LogP contribution in [0.1, 0.15) is 25.4 Å². The number of hydrogen-bond acceptors (Lipinski definition) is 5. The maximum absolute atomic E-state index is 13.2. The van der Waals surface area contributed by atoms with Crippen LogP contribution in [-0.2, 0) is 18.9 Å². The SMILES string of the molecule is CC(C)Cc1cc(-c2nn3c(C(F)(F)Cl)nnc3s2)n(C)n1. The summed E-state index contributed by atoms with van der Waals surface area (Å²) in [4.78, 5) is 0.261. The molecular weight excluding hydrogens is 334 g/mol. The van der Waals surface area contributed by atoms with Crippen LogP contribution in [0.25, 0.3) is 15.7 Å². The van der Waals surface area contributed by atoms with Gasteiger partial charge in [0.15, 0.2) is 5.01 Å². The van der Waals surface area contributed by atoms with Crippen LogP contribution in [0, 0.1) is 5.92 Å². The van der Waals surface area contributed by atoms with Crippen LogP contribution >= 0.6 is 22.9 Å². The molecule has 3 aromatic rings. The van der Waals surface area contributed by atoms with Crippen molar-refractivity contribution in [3.05, 3.63) is 17.6 Å². The molecule has 3 heterocycles. The van der Waals surface area contributed by atoms with E-state index >= 15 is 0 Å². The summed E-state index contributed by atoms with van der Waals surface area (Å²) in [6, 6.07) is 1.91. The molecule has 0 radical (unpaired) electrons. The molecule has 0 aliphatic carbocycles. The number of alkyl halides is 3. The Morgan fingerprint density at radius 2 is 2.05 bits per heavy atom. The lowest BCUT2D eigenvalue weighted by Crippen LogP contribution is -2.10. The molecule has 3 aromatic heterocycles. The number of aromatic nitrogens is 6. The van der Waals surface area contributed by atoms with E-state index in [4.69, 9.17) is 11.6 Å². The minimum absolute atomic E-state index is 0.261. The van der Waals surface area contributed by atoms with Crippen molar-refractivity contribution in [2.24, 2.45) is 13.0 Å². The van der Waals surface area contributed by atoms with Gasteiger partial charge in [-0.3, -0.25) is 4.68 Å². The summed E-state index contributed by atoms with van der Waals surface area (Å²) in [5.74, 6) is -0.210. The fourth-order valence-corrected chi connectivity index (χ4v) is 3.15. The van der Waals surface area contributed by atoms with Gasteiger partial charge in [0.05, 0.1) is 11.4 Å². The van der Waals surface area contributed by atoms with Gasteiger partial charge in [-0.05, 0) is 30.0 Å². The number of halogens is 3. The molecule has 0 aliphatic rings. The number of nitrogens with zero attached hydrogens (tertiary/aromatic N) is 6. The molecule has 0 fully saturated rings. The lowest BCUT2D eigenvalue weighted by molar-refractivity contribution is 0.0821. The van der Waals surface area contributed by atoms with E-state index in [0.29, 0.717) is 10.9 Å². The lowest BCUT2D eigenvalue weighted by Gasteiger charge is -2.01. The third-order valence-electron chi connectivity index (χ3n) is 3.01. The predicted molar refractivity (Wildman–Crippen MR) is 79.2 cm³/mol. The Bertz CT molecular complexity index is 815. The molecule has 6 nitrogen and oxygen atoms in total. The summed E-state index contributed by atoms with van der Waals surface area (Å²) in [6.07, 6.45) is 0.836. The Hall–Kier alpha value is -1.61. The zero-order valence-electron chi connectivity index (χ0n) is 12.1. The Balaban J connectivity index is 2.04. The van der Waals surface area contributed by atoms with Gasteiger partial charge in [0, 0.05) is 7.05 Å². The minimum Gasteiger partial charge on any atom is -0.265 e. The minimum atomic E-state index is -3.61. The molecule has 0 N–H and O–H groups in total. The fourth-order valence-electron chi connectivity index (χ4n) is 2.14. The standard InChI is InChI=1S/C12H13ClF2N6S/c1-6(2)4-7-5-8(20(3)18-7)9-19-21-10(12(13,14)15)16-17-11(21)22-9/h5-6H,4H2,1-3H3. The molecule has 22 heavy (non-hydrogen) atoms. The zero-order chi connectivity index (χ0) is 16.1. The van der Waals surface area contributed by atoms with E-state index in [-0.39, 0.29) is 4.96 Å². The highest BCUT2D eigenvalue weighted by molar-refractivity contribution is 7.19. The average molecular weight is 347 g/mol. The van der Waals surface area contributed by atoms with Gasteiger partial charge in [-0.25, -0.2) is 0 Å². The molecular formula is C12H13ClF2N6S. The summed E-state index contributed by atoms with van der Waals surface area (Å²) in [6.45, 7) is 4.21. The van der Waals surface area contributed by atoms with Crippen LogP contribution < -0.4 is 0 Å². The Labute approximate surface area is 133 Å². The first-order valence-corrected chi connectivity index (χ1v) is 7.78. The number of hydrogen-bond donors (Lipinski definition) is 0. The molecule has 0 aliphatic heterocycles. The normalized spacial score (nSPS) is 12.7. The molecule has 0 atom stereocenters. The topological polar surface area (TPSA) is 60.9 Å². The molecule has 0 bridgehead atoms. The van der Waals surface area contributed by atoms with Crippen molar-refractivity contribution >= 4 is 27.9 Å². The average Bonchev–Trinajstić information content (AvgIpc) is 2.99. The Morgan fingerprint density at radius 3 is 2.68 bits per heavy atom. The van der Waals surface area contributed by atoms with Crippen LogP contribution in [0.4, 0.5) is 8.78 Å². The van der Waals surface area contributed by atoms with Crippen molar-refractivity contribution in [1.29, 1.82) is 0 Å². The molecule has 0 amide bonds. The monoisotopic (exact) mass is 346 g/mol. The number of rotatable bonds is 4. The van der Waals surface area contributed by atoms with Gasteiger partial charge in [0.2, 0.25) is 10.8 Å². The second-order valence-corrected chi connectivity index (χ2v) is 6.80. The highest BCUT2D eigenvalue weighted by atomic mass is 35.5. The van der Waals surface area contributed by atoms with Crippen LogP contribution in [0.15, 0.2) is 6.07 Å². The van der Waals surface area contributed by atoms with Crippen molar-refractivity contribution in [3.8, 4) is 10.7 Å². The van der Waals surface area contributed by atoms with Gasteiger partial charge < -0.3 is 0 Å². The molecule has 10 heteroatoms. The maximum Gasteiger partial charge on any atom is 0.383 e. The summed E-state index contributed by atoms with van der Waals surface area (Å²) in [5.41, 5.74) is 1.68. The summed E-state index contributed by atoms with van der Waals surface area (Å²) < 4.78 is 29.1. The van der Waals surface area contributed by atoms with Crippen LogP contribution in [0.3, 0.4) is 0 Å². The maximum atomic E-state index is 13.2. The summed E-state index contributed by atoms with van der Waals surface area (Å²) >= 11 is 6.18. The van der Waals surface area contributed by atoms with Crippen LogP contribution in [0.5, 0.6) is 0 Å². The van der Waals surface area contributed by atoms with Gasteiger partial charge in [0.1, 0.15) is 0 Å². The number of aryl methyl sites for hydroxylation is 1. The second kappa shape index (κ2) is 5.24. The van der Waals surface area contributed by atoms with E-state index in [1.54, 1.807) is 11.7 Å². The van der Waals surface area contributed by atoms with Crippen molar-refractivity contribution in [3.63, 3.8) is 0 Å². The van der Waals surface area contributed by atoms with Gasteiger partial charge in [-0.15, -0.1) is 10.2 Å². The molecule has 3 rings (SSSR count). The Morgan fingerprint density at radius 1 is 1.32 bits per heavy atom. The van der Waals surface area contributed by atoms with E-state index in [1.165, 1.54) is 0 Å². The fraction of sp³-hybridized carbons (Fsp3) is 0.500. The molecule has 0 saturated carbocycles. The largest absolute Gasteiger partial charge is 0.383 e. The first-order chi connectivity index (χ1) is 10.3. The number of fused-ring (bicyclic) bond motifs is 1. The van der Waals surface area contributed by atoms with Gasteiger partial charge in [0.25, 0.3) is 0 Å². The van der Waals surface area contributed by atoms with Crippen molar-refractivity contribution < 1.29 is 8.78 Å².